The van der Waals surface area contributed by atoms with E-state index in [2.05, 4.69) is 35.2 Å². The van der Waals surface area contributed by atoms with Crippen molar-refractivity contribution in [2.45, 2.75) is 19.4 Å². The molecule has 3 rings (SSSR count). The molecule has 3 heteroatoms. The molecule has 1 saturated heterocycles. The second-order valence-corrected chi connectivity index (χ2v) is 6.32. The standard InChI is InChI=1S/C15H19NOS/c17-11-12-5-7-16(8-6-12)10-14-9-13-3-1-2-4-15(13)18-14/h1-4,9,12,17H,5-8,10-11H2. The number of aliphatic hydroxyl groups excluding tert-OH is 1. The fourth-order valence-corrected chi connectivity index (χ4v) is 3.77. The van der Waals surface area contributed by atoms with E-state index in [9.17, 15) is 0 Å². The molecule has 18 heavy (non-hydrogen) atoms. The highest BCUT2D eigenvalue weighted by Gasteiger charge is 2.18. The zero-order chi connectivity index (χ0) is 12.4. The van der Waals surface area contributed by atoms with Gasteiger partial charge in [0.1, 0.15) is 0 Å². The molecule has 0 amide bonds. The van der Waals surface area contributed by atoms with Gasteiger partial charge in [-0.2, -0.15) is 0 Å². The smallest absolute Gasteiger partial charge is 0.0460 e. The first-order valence-corrected chi connectivity index (χ1v) is 7.47. The van der Waals surface area contributed by atoms with E-state index in [0.29, 0.717) is 12.5 Å². The predicted molar refractivity (Wildman–Crippen MR) is 76.9 cm³/mol. The molecule has 0 radical (unpaired) electrons. The van der Waals surface area contributed by atoms with E-state index in [-0.39, 0.29) is 0 Å². The van der Waals surface area contributed by atoms with Crippen molar-refractivity contribution in [3.05, 3.63) is 35.2 Å². The molecule has 1 aliphatic heterocycles. The van der Waals surface area contributed by atoms with Gasteiger partial charge in [0.25, 0.3) is 0 Å². The second kappa shape index (κ2) is 5.39. The Morgan fingerprint density at radius 1 is 1.22 bits per heavy atom. The minimum atomic E-state index is 0.358. The minimum Gasteiger partial charge on any atom is -0.396 e. The number of likely N-dealkylation sites (tertiary alicyclic amines) is 1. The van der Waals surface area contributed by atoms with Crippen LogP contribution >= 0.6 is 11.3 Å². The molecule has 0 aliphatic carbocycles. The fourth-order valence-electron chi connectivity index (χ4n) is 2.66. The number of thiophene rings is 1. The van der Waals surface area contributed by atoms with Gasteiger partial charge in [0.15, 0.2) is 0 Å². The highest BCUT2D eigenvalue weighted by molar-refractivity contribution is 7.19. The van der Waals surface area contributed by atoms with Crippen molar-refractivity contribution in [3.63, 3.8) is 0 Å². The van der Waals surface area contributed by atoms with Gasteiger partial charge < -0.3 is 5.11 Å². The zero-order valence-electron chi connectivity index (χ0n) is 10.5. The highest BCUT2D eigenvalue weighted by atomic mass is 32.1. The molecule has 0 saturated carbocycles. The molecule has 1 N–H and O–H groups in total. The average molecular weight is 261 g/mol. The molecule has 2 heterocycles. The first kappa shape index (κ1) is 12.2. The third-order valence-corrected chi connectivity index (χ3v) is 4.92. The highest BCUT2D eigenvalue weighted by Crippen LogP contribution is 2.27. The molecule has 0 bridgehead atoms. The molecule has 0 atom stereocenters. The maximum absolute atomic E-state index is 9.15. The van der Waals surface area contributed by atoms with Crippen LogP contribution in [-0.4, -0.2) is 29.7 Å². The summed E-state index contributed by atoms with van der Waals surface area (Å²) < 4.78 is 1.39. The Kier molecular flexibility index (Phi) is 3.64. The van der Waals surface area contributed by atoms with E-state index >= 15 is 0 Å². The van der Waals surface area contributed by atoms with Gasteiger partial charge in [0, 0.05) is 22.7 Å². The van der Waals surface area contributed by atoms with E-state index in [1.54, 1.807) is 0 Å². The summed E-state index contributed by atoms with van der Waals surface area (Å²) in [4.78, 5) is 3.97. The number of hydrogen-bond acceptors (Lipinski definition) is 3. The van der Waals surface area contributed by atoms with Crippen LogP contribution in [-0.2, 0) is 6.54 Å². The summed E-state index contributed by atoms with van der Waals surface area (Å²) in [5.74, 6) is 0.531. The Balaban J connectivity index is 1.66. The Morgan fingerprint density at radius 2 is 2.00 bits per heavy atom. The Hall–Kier alpha value is -0.900. The lowest BCUT2D eigenvalue weighted by Gasteiger charge is -2.30. The maximum atomic E-state index is 9.15. The number of fused-ring (bicyclic) bond motifs is 1. The van der Waals surface area contributed by atoms with E-state index in [4.69, 9.17) is 5.11 Å². The van der Waals surface area contributed by atoms with Crippen molar-refractivity contribution < 1.29 is 5.11 Å². The SMILES string of the molecule is OCC1CCN(Cc2cc3ccccc3s2)CC1. The van der Waals surface area contributed by atoms with Gasteiger partial charge in [-0.15, -0.1) is 11.3 Å². The first-order chi connectivity index (χ1) is 8.85. The fraction of sp³-hybridized carbons (Fsp3) is 0.467. The third-order valence-electron chi connectivity index (χ3n) is 3.82. The van der Waals surface area contributed by atoms with Crippen LogP contribution in [0.1, 0.15) is 17.7 Å². The normalized spacial score (nSPS) is 18.5. The molecule has 1 aliphatic rings. The first-order valence-electron chi connectivity index (χ1n) is 6.66. The summed E-state index contributed by atoms with van der Waals surface area (Å²) in [6.07, 6.45) is 2.28. The number of benzene rings is 1. The van der Waals surface area contributed by atoms with E-state index in [1.165, 1.54) is 15.0 Å². The maximum Gasteiger partial charge on any atom is 0.0460 e. The second-order valence-electron chi connectivity index (χ2n) is 5.15. The molecule has 96 valence electrons. The average Bonchev–Trinajstić information content (AvgIpc) is 2.82. The van der Waals surface area contributed by atoms with Gasteiger partial charge >= 0.3 is 0 Å². The van der Waals surface area contributed by atoms with Crippen LogP contribution in [0, 0.1) is 5.92 Å². The Labute approximate surface area is 112 Å². The summed E-state index contributed by atoms with van der Waals surface area (Å²) in [7, 11) is 0. The van der Waals surface area contributed by atoms with Crippen molar-refractivity contribution >= 4 is 21.4 Å². The van der Waals surface area contributed by atoms with Gasteiger partial charge in [0.05, 0.1) is 0 Å². The number of nitrogens with zero attached hydrogens (tertiary/aromatic N) is 1. The van der Waals surface area contributed by atoms with Crippen LogP contribution in [0.5, 0.6) is 0 Å². The van der Waals surface area contributed by atoms with Crippen molar-refractivity contribution in [2.75, 3.05) is 19.7 Å². The molecule has 0 spiro atoms. The largest absolute Gasteiger partial charge is 0.396 e. The van der Waals surface area contributed by atoms with Crippen LogP contribution in [0.2, 0.25) is 0 Å². The predicted octanol–water partition coefficient (Wildman–Crippen LogP) is 3.11. The summed E-state index contributed by atoms with van der Waals surface area (Å²) in [6, 6.07) is 10.9. The van der Waals surface area contributed by atoms with Gasteiger partial charge in [-0.1, -0.05) is 18.2 Å². The minimum absolute atomic E-state index is 0.358. The molecule has 1 fully saturated rings. The van der Waals surface area contributed by atoms with Gasteiger partial charge in [-0.25, -0.2) is 0 Å². The topological polar surface area (TPSA) is 23.5 Å². The lowest BCUT2D eigenvalue weighted by Crippen LogP contribution is -2.34. The van der Waals surface area contributed by atoms with Crippen LogP contribution in [0.4, 0.5) is 0 Å². The molecule has 0 unspecified atom stereocenters. The number of hydrogen-bond donors (Lipinski definition) is 1. The number of rotatable bonds is 3. The van der Waals surface area contributed by atoms with Crippen LogP contribution in [0.3, 0.4) is 0 Å². The van der Waals surface area contributed by atoms with Crippen molar-refractivity contribution in [3.8, 4) is 0 Å². The van der Waals surface area contributed by atoms with Gasteiger partial charge in [-0.05, 0) is 49.4 Å². The monoisotopic (exact) mass is 261 g/mol. The molecule has 1 aromatic carbocycles. The third kappa shape index (κ3) is 2.58. The van der Waals surface area contributed by atoms with Crippen molar-refractivity contribution in [1.82, 2.24) is 4.90 Å². The lowest BCUT2D eigenvalue weighted by molar-refractivity contribution is 0.128. The van der Waals surface area contributed by atoms with Crippen molar-refractivity contribution in [2.24, 2.45) is 5.92 Å². The Bertz CT molecular complexity index is 481. The molecule has 2 nitrogen and oxygen atoms in total. The summed E-state index contributed by atoms with van der Waals surface area (Å²) >= 11 is 1.91. The number of piperidine rings is 1. The lowest BCUT2D eigenvalue weighted by atomic mass is 9.98. The molecule has 2 aromatic rings. The van der Waals surface area contributed by atoms with E-state index < -0.39 is 0 Å². The molecular weight excluding hydrogens is 242 g/mol. The quantitative estimate of drug-likeness (QED) is 0.917. The summed E-state index contributed by atoms with van der Waals surface area (Å²) in [6.45, 7) is 3.67. The summed E-state index contributed by atoms with van der Waals surface area (Å²) in [5.41, 5.74) is 0. The van der Waals surface area contributed by atoms with Gasteiger partial charge in [-0.3, -0.25) is 4.90 Å². The van der Waals surface area contributed by atoms with E-state index in [0.717, 1.165) is 32.5 Å². The molecular formula is C15H19NOS. The Morgan fingerprint density at radius 3 is 2.72 bits per heavy atom. The van der Waals surface area contributed by atoms with Crippen LogP contribution in [0.25, 0.3) is 10.1 Å². The van der Waals surface area contributed by atoms with E-state index in [1.807, 2.05) is 11.3 Å². The van der Waals surface area contributed by atoms with Crippen LogP contribution < -0.4 is 0 Å². The van der Waals surface area contributed by atoms with Gasteiger partial charge in [0.2, 0.25) is 0 Å². The van der Waals surface area contributed by atoms with Crippen LogP contribution in [0.15, 0.2) is 30.3 Å². The summed E-state index contributed by atoms with van der Waals surface area (Å²) in [5, 5.41) is 10.5. The molecule has 1 aromatic heterocycles. The van der Waals surface area contributed by atoms with Crippen molar-refractivity contribution in [1.29, 1.82) is 0 Å². The number of aliphatic hydroxyl groups is 1. The zero-order valence-corrected chi connectivity index (χ0v) is 11.3.